The topological polar surface area (TPSA) is 6.48 Å². The van der Waals surface area contributed by atoms with Crippen LogP contribution >= 0.6 is 0 Å². The zero-order valence-corrected chi connectivity index (χ0v) is 16.7. The largest absolute Gasteiger partial charge is 0.356 e. The fraction of sp³-hybridized carbons (Fsp3) is 0.391. The summed E-state index contributed by atoms with van der Waals surface area (Å²) >= 11 is 0. The molecular formula is C23H28N2. The summed E-state index contributed by atoms with van der Waals surface area (Å²) in [5.41, 5.74) is 15.5. The first-order valence-electron chi connectivity index (χ1n) is 9.21. The Morgan fingerprint density at radius 3 is 2.04 bits per heavy atom. The quantitative estimate of drug-likeness (QED) is 0.611. The van der Waals surface area contributed by atoms with Gasteiger partial charge in [0, 0.05) is 23.9 Å². The van der Waals surface area contributed by atoms with Crippen molar-refractivity contribution in [3.05, 3.63) is 57.3 Å². The van der Waals surface area contributed by atoms with Crippen molar-refractivity contribution in [2.45, 2.75) is 54.6 Å². The van der Waals surface area contributed by atoms with Crippen molar-refractivity contribution >= 4 is 11.4 Å². The third-order valence-electron chi connectivity index (χ3n) is 6.72. The molecule has 2 aromatic carbocycles. The molecule has 0 aromatic heterocycles. The lowest BCUT2D eigenvalue weighted by Gasteiger charge is -2.38. The molecule has 2 heterocycles. The van der Waals surface area contributed by atoms with Gasteiger partial charge in [-0.05, 0) is 81.8 Å². The van der Waals surface area contributed by atoms with Gasteiger partial charge < -0.3 is 9.80 Å². The molecule has 2 aliphatic heterocycles. The molecule has 0 fully saturated rings. The van der Waals surface area contributed by atoms with Gasteiger partial charge in [0.05, 0.1) is 11.4 Å². The van der Waals surface area contributed by atoms with E-state index in [0.717, 1.165) is 0 Å². The Kier molecular flexibility index (Phi) is 3.34. The van der Waals surface area contributed by atoms with Gasteiger partial charge in [-0.1, -0.05) is 18.2 Å². The lowest BCUT2D eigenvalue weighted by atomic mass is 9.80. The number of aryl methyl sites for hydroxylation is 1. The number of fused-ring (bicyclic) bond motifs is 6. The van der Waals surface area contributed by atoms with Gasteiger partial charge in [-0.3, -0.25) is 0 Å². The number of anilines is 1. The van der Waals surface area contributed by atoms with Crippen molar-refractivity contribution < 1.29 is 0 Å². The minimum Gasteiger partial charge on any atom is -0.356 e. The lowest BCUT2D eigenvalue weighted by molar-refractivity contribution is 0.357. The fourth-order valence-electron chi connectivity index (χ4n) is 4.71. The summed E-state index contributed by atoms with van der Waals surface area (Å²) in [7, 11) is 2.21. The van der Waals surface area contributed by atoms with Crippen LogP contribution in [-0.4, -0.2) is 18.1 Å². The van der Waals surface area contributed by atoms with Crippen LogP contribution < -0.4 is 4.90 Å². The van der Waals surface area contributed by atoms with E-state index in [2.05, 4.69) is 83.5 Å². The maximum atomic E-state index is 2.56. The second-order valence-electron chi connectivity index (χ2n) is 7.77. The van der Waals surface area contributed by atoms with Crippen molar-refractivity contribution in [1.82, 2.24) is 4.90 Å². The predicted molar refractivity (Wildman–Crippen MR) is 108 cm³/mol. The van der Waals surface area contributed by atoms with Crippen molar-refractivity contribution in [2.75, 3.05) is 11.9 Å². The Hall–Kier alpha value is -2.22. The Morgan fingerprint density at radius 1 is 0.800 bits per heavy atom. The molecule has 2 aromatic rings. The zero-order valence-electron chi connectivity index (χ0n) is 16.7. The molecule has 130 valence electrons. The molecule has 25 heavy (non-hydrogen) atoms. The molecule has 0 N–H and O–H groups in total. The maximum Gasteiger partial charge on any atom is 0.103 e. The summed E-state index contributed by atoms with van der Waals surface area (Å²) in [5, 5.41) is 0. The molecule has 0 saturated heterocycles. The molecule has 1 unspecified atom stereocenters. The van der Waals surface area contributed by atoms with Crippen LogP contribution in [-0.2, 0) is 0 Å². The van der Waals surface area contributed by atoms with Crippen LogP contribution in [0.3, 0.4) is 0 Å². The van der Waals surface area contributed by atoms with Gasteiger partial charge in [0.1, 0.15) is 6.17 Å². The fourth-order valence-corrected chi connectivity index (χ4v) is 4.71. The van der Waals surface area contributed by atoms with Gasteiger partial charge in [0.2, 0.25) is 0 Å². The second-order valence-corrected chi connectivity index (χ2v) is 7.77. The van der Waals surface area contributed by atoms with E-state index in [1.165, 1.54) is 61.6 Å². The van der Waals surface area contributed by atoms with Crippen LogP contribution in [0.2, 0.25) is 0 Å². The first-order chi connectivity index (χ1) is 11.8. The van der Waals surface area contributed by atoms with Crippen LogP contribution in [0.5, 0.6) is 0 Å². The van der Waals surface area contributed by atoms with Gasteiger partial charge >= 0.3 is 0 Å². The van der Waals surface area contributed by atoms with Crippen molar-refractivity contribution in [3.63, 3.8) is 0 Å². The van der Waals surface area contributed by atoms with Gasteiger partial charge in [-0.2, -0.15) is 0 Å². The Labute approximate surface area is 151 Å². The Bertz CT molecular complexity index is 949. The second kappa shape index (κ2) is 5.14. The molecule has 1 atom stereocenters. The molecule has 2 heteroatoms. The summed E-state index contributed by atoms with van der Waals surface area (Å²) in [6, 6.07) is 6.75. The summed E-state index contributed by atoms with van der Waals surface area (Å²) in [6.07, 6.45) is 0.337. The van der Waals surface area contributed by atoms with E-state index in [4.69, 9.17) is 0 Å². The summed E-state index contributed by atoms with van der Waals surface area (Å²) < 4.78 is 0. The normalized spacial score (nSPS) is 18.5. The number of hydrogen-bond donors (Lipinski definition) is 0. The van der Waals surface area contributed by atoms with E-state index in [9.17, 15) is 0 Å². The highest BCUT2D eigenvalue weighted by atomic mass is 15.4. The van der Waals surface area contributed by atoms with E-state index < -0.39 is 0 Å². The Morgan fingerprint density at radius 2 is 1.40 bits per heavy atom. The van der Waals surface area contributed by atoms with E-state index in [0.29, 0.717) is 6.17 Å². The van der Waals surface area contributed by atoms with Crippen molar-refractivity contribution in [2.24, 2.45) is 0 Å². The minimum atomic E-state index is 0.337. The number of hydrogen-bond acceptors (Lipinski definition) is 2. The zero-order chi connectivity index (χ0) is 18.2. The smallest absolute Gasteiger partial charge is 0.103 e. The molecule has 0 aliphatic carbocycles. The molecule has 0 spiro atoms. The van der Waals surface area contributed by atoms with Gasteiger partial charge in [0.25, 0.3) is 0 Å². The number of benzene rings is 2. The maximum absolute atomic E-state index is 2.56. The van der Waals surface area contributed by atoms with Gasteiger partial charge in [0.15, 0.2) is 0 Å². The third-order valence-corrected chi connectivity index (χ3v) is 6.72. The van der Waals surface area contributed by atoms with E-state index >= 15 is 0 Å². The van der Waals surface area contributed by atoms with Crippen LogP contribution in [0.1, 0.15) is 47.2 Å². The number of nitrogens with zero attached hydrogens (tertiary/aromatic N) is 2. The molecule has 0 amide bonds. The molecule has 0 bridgehead atoms. The summed E-state index contributed by atoms with van der Waals surface area (Å²) in [5.74, 6) is 0. The molecule has 0 saturated carbocycles. The van der Waals surface area contributed by atoms with Crippen molar-refractivity contribution in [1.29, 1.82) is 0 Å². The number of allylic oxidation sites excluding steroid dienone is 1. The standard InChI is InChI=1S/C23H28N2/c1-12-10-9-11-19-20-15(4)13(2)14(3)16(5)21(20)23-17(6)24(8)18(7)25(23)22(12)19/h9-11,18H,1-8H3. The first kappa shape index (κ1) is 16.3. The third kappa shape index (κ3) is 1.85. The van der Waals surface area contributed by atoms with Crippen LogP contribution in [0.15, 0.2) is 23.9 Å². The molecule has 4 rings (SSSR count). The molecule has 2 aliphatic rings. The van der Waals surface area contributed by atoms with Crippen molar-refractivity contribution in [3.8, 4) is 11.1 Å². The van der Waals surface area contributed by atoms with Crippen LogP contribution in [0.25, 0.3) is 16.8 Å². The highest BCUT2D eigenvalue weighted by Crippen LogP contribution is 2.53. The number of rotatable bonds is 0. The van der Waals surface area contributed by atoms with E-state index in [-0.39, 0.29) is 0 Å². The van der Waals surface area contributed by atoms with Gasteiger partial charge in [-0.25, -0.2) is 0 Å². The Balaban J connectivity index is 2.24. The summed E-state index contributed by atoms with van der Waals surface area (Å²) in [6.45, 7) is 15.9. The summed E-state index contributed by atoms with van der Waals surface area (Å²) in [4.78, 5) is 4.97. The average Bonchev–Trinajstić information content (AvgIpc) is 2.81. The minimum absolute atomic E-state index is 0.337. The van der Waals surface area contributed by atoms with Gasteiger partial charge in [-0.15, -0.1) is 0 Å². The first-order valence-corrected chi connectivity index (χ1v) is 9.21. The average molecular weight is 332 g/mol. The van der Waals surface area contributed by atoms with E-state index in [1.54, 1.807) is 0 Å². The lowest BCUT2D eigenvalue weighted by Crippen LogP contribution is -2.37. The van der Waals surface area contributed by atoms with E-state index in [1.807, 2.05) is 0 Å². The number of para-hydroxylation sites is 1. The van der Waals surface area contributed by atoms with Crippen LogP contribution in [0.4, 0.5) is 5.69 Å². The SMILES string of the molecule is CC1=C2c3c(C)c(C)c(C)c(C)c3-c3cccc(C)c3N2C(C)N1C. The molecule has 0 radical (unpaired) electrons. The monoisotopic (exact) mass is 332 g/mol. The molecular weight excluding hydrogens is 304 g/mol. The highest BCUT2D eigenvalue weighted by Gasteiger charge is 2.40. The highest BCUT2D eigenvalue weighted by molar-refractivity contribution is 6.04. The molecule has 2 nitrogen and oxygen atoms in total. The predicted octanol–water partition coefficient (Wildman–Crippen LogP) is 5.70. The van der Waals surface area contributed by atoms with Crippen LogP contribution in [0, 0.1) is 34.6 Å².